The maximum absolute atomic E-state index is 12.1. The molecule has 2 N–H and O–H groups in total. The van der Waals surface area contributed by atoms with Gasteiger partial charge in [-0.15, -0.1) is 0 Å². The average Bonchev–Trinajstić information content (AvgIpc) is 3.08. The van der Waals surface area contributed by atoms with Crippen molar-refractivity contribution < 1.29 is 14.3 Å². The van der Waals surface area contributed by atoms with Gasteiger partial charge in [0, 0.05) is 17.4 Å². The average molecular weight is 320 g/mol. The third-order valence-corrected chi connectivity index (χ3v) is 3.43. The van der Waals surface area contributed by atoms with Gasteiger partial charge in [0.1, 0.15) is 17.2 Å². The zero-order valence-electron chi connectivity index (χ0n) is 13.1. The number of ether oxygens (including phenoxy) is 1. The molecule has 0 unspecified atom stereocenters. The molecule has 5 nitrogen and oxygen atoms in total. The van der Waals surface area contributed by atoms with Crippen molar-refractivity contribution in [2.75, 3.05) is 5.32 Å². The molecule has 0 bridgehead atoms. The Morgan fingerprint density at radius 3 is 2.25 bits per heavy atom. The summed E-state index contributed by atoms with van der Waals surface area (Å²) in [6.45, 7) is 1.45. The highest BCUT2D eigenvalue weighted by molar-refractivity contribution is 6.05. The molecule has 1 aromatic heterocycles. The fourth-order valence-electron chi connectivity index (χ4n) is 2.16. The van der Waals surface area contributed by atoms with E-state index in [4.69, 9.17) is 4.74 Å². The second-order valence-corrected chi connectivity index (χ2v) is 5.25. The Balaban J connectivity index is 1.65. The van der Waals surface area contributed by atoms with E-state index in [1.165, 1.54) is 19.2 Å². The predicted octanol–water partition coefficient (Wildman–Crippen LogP) is 4.26. The maximum Gasteiger partial charge on any atom is 0.272 e. The third kappa shape index (κ3) is 3.70. The van der Waals surface area contributed by atoms with Crippen LogP contribution in [0.1, 0.15) is 27.8 Å². The fourth-order valence-corrected chi connectivity index (χ4v) is 2.16. The monoisotopic (exact) mass is 320 g/mol. The topological polar surface area (TPSA) is 71.2 Å². The van der Waals surface area contributed by atoms with Gasteiger partial charge in [-0.05, 0) is 49.4 Å². The molecule has 0 fully saturated rings. The number of amides is 1. The highest BCUT2D eigenvalue weighted by Crippen LogP contribution is 2.22. The number of benzene rings is 2. The molecule has 1 heterocycles. The predicted molar refractivity (Wildman–Crippen MR) is 91.7 cm³/mol. The summed E-state index contributed by atoms with van der Waals surface area (Å²) in [5, 5.41) is 2.76. The van der Waals surface area contributed by atoms with Gasteiger partial charge in [-0.2, -0.15) is 0 Å². The lowest BCUT2D eigenvalue weighted by Gasteiger charge is -2.07. The number of carbonyl (C=O) groups excluding carboxylic acids is 2. The second-order valence-electron chi connectivity index (χ2n) is 5.25. The minimum absolute atomic E-state index is 0.0901. The number of carbonyl (C=O) groups is 2. The third-order valence-electron chi connectivity index (χ3n) is 3.43. The number of para-hydroxylation sites is 1. The molecule has 0 saturated heterocycles. The normalized spacial score (nSPS) is 10.2. The van der Waals surface area contributed by atoms with Crippen LogP contribution in [0.15, 0.2) is 66.9 Å². The first-order valence-electron chi connectivity index (χ1n) is 7.45. The minimum atomic E-state index is -0.306. The summed E-state index contributed by atoms with van der Waals surface area (Å²) in [7, 11) is 0. The van der Waals surface area contributed by atoms with Crippen LogP contribution < -0.4 is 10.1 Å². The Bertz CT molecular complexity index is 852. The highest BCUT2D eigenvalue weighted by atomic mass is 16.5. The molecule has 0 atom stereocenters. The van der Waals surface area contributed by atoms with Gasteiger partial charge in [0.2, 0.25) is 0 Å². The van der Waals surface area contributed by atoms with Crippen LogP contribution in [0.4, 0.5) is 5.69 Å². The van der Waals surface area contributed by atoms with Crippen molar-refractivity contribution in [1.82, 2.24) is 4.98 Å². The summed E-state index contributed by atoms with van der Waals surface area (Å²) >= 11 is 0. The van der Waals surface area contributed by atoms with Gasteiger partial charge in [-0.25, -0.2) is 0 Å². The van der Waals surface area contributed by atoms with Crippen molar-refractivity contribution in [3.8, 4) is 11.5 Å². The number of Topliss-reactive ketones (excluding diaryl/α,β-unsaturated/α-hetero) is 1. The van der Waals surface area contributed by atoms with Gasteiger partial charge in [0.25, 0.3) is 5.91 Å². The van der Waals surface area contributed by atoms with Gasteiger partial charge in [0.05, 0.1) is 0 Å². The number of rotatable bonds is 5. The number of anilines is 1. The summed E-state index contributed by atoms with van der Waals surface area (Å²) in [6.07, 6.45) is 1.52. The Hall–Kier alpha value is -3.34. The standard InChI is InChI=1S/C19H16N2O3/c1-13(22)14-11-18(20-12-14)19(23)21-15-7-9-17(10-8-15)24-16-5-3-2-4-6-16/h2-12,20H,1H3,(H,21,23). The van der Waals surface area contributed by atoms with Crippen molar-refractivity contribution in [2.24, 2.45) is 0 Å². The molecule has 5 heteroatoms. The highest BCUT2D eigenvalue weighted by Gasteiger charge is 2.11. The van der Waals surface area contributed by atoms with E-state index < -0.39 is 0 Å². The Labute approximate surface area is 139 Å². The zero-order chi connectivity index (χ0) is 16.9. The van der Waals surface area contributed by atoms with Crippen molar-refractivity contribution in [1.29, 1.82) is 0 Å². The van der Waals surface area contributed by atoms with Crippen molar-refractivity contribution in [3.05, 3.63) is 78.1 Å². The first kappa shape index (κ1) is 15.6. The molecule has 0 radical (unpaired) electrons. The quantitative estimate of drug-likeness (QED) is 0.690. The molecule has 0 aliphatic rings. The largest absolute Gasteiger partial charge is 0.457 e. The Kier molecular flexibility index (Phi) is 4.43. The molecule has 0 aliphatic heterocycles. The SMILES string of the molecule is CC(=O)c1c[nH]c(C(=O)Nc2ccc(Oc3ccccc3)cc2)c1. The van der Waals surface area contributed by atoms with E-state index in [1.807, 2.05) is 30.3 Å². The number of aromatic nitrogens is 1. The van der Waals surface area contributed by atoms with E-state index in [9.17, 15) is 9.59 Å². The molecule has 2 aromatic carbocycles. The fraction of sp³-hybridized carbons (Fsp3) is 0.0526. The summed E-state index contributed by atoms with van der Waals surface area (Å²) in [6, 6.07) is 18.0. The number of nitrogens with one attached hydrogen (secondary N) is 2. The molecular formula is C19H16N2O3. The van der Waals surface area contributed by atoms with E-state index in [0.717, 1.165) is 5.75 Å². The van der Waals surface area contributed by atoms with Crippen LogP contribution in [0.5, 0.6) is 11.5 Å². The molecule has 0 spiro atoms. The molecular weight excluding hydrogens is 304 g/mol. The van der Waals surface area contributed by atoms with Crippen LogP contribution in [-0.2, 0) is 0 Å². The van der Waals surface area contributed by atoms with Crippen molar-refractivity contribution in [3.63, 3.8) is 0 Å². The molecule has 1 amide bonds. The molecule has 3 rings (SSSR count). The van der Waals surface area contributed by atoms with Gasteiger partial charge >= 0.3 is 0 Å². The van der Waals surface area contributed by atoms with Crippen LogP contribution in [0.25, 0.3) is 0 Å². The molecule has 0 saturated carbocycles. The molecule has 120 valence electrons. The van der Waals surface area contributed by atoms with Crippen molar-refractivity contribution in [2.45, 2.75) is 6.92 Å². The van der Waals surface area contributed by atoms with E-state index in [0.29, 0.717) is 22.7 Å². The minimum Gasteiger partial charge on any atom is -0.457 e. The van der Waals surface area contributed by atoms with E-state index in [-0.39, 0.29) is 11.7 Å². The zero-order valence-corrected chi connectivity index (χ0v) is 13.1. The first-order chi connectivity index (χ1) is 11.6. The summed E-state index contributed by atoms with van der Waals surface area (Å²) in [5.74, 6) is 1.03. The number of aromatic amines is 1. The lowest BCUT2D eigenvalue weighted by atomic mass is 10.2. The van der Waals surface area contributed by atoms with Crippen LogP contribution >= 0.6 is 0 Å². The van der Waals surface area contributed by atoms with Crippen LogP contribution in [0.2, 0.25) is 0 Å². The smallest absolute Gasteiger partial charge is 0.272 e. The van der Waals surface area contributed by atoms with Crippen LogP contribution in [0.3, 0.4) is 0 Å². The van der Waals surface area contributed by atoms with Gasteiger partial charge in [-0.3, -0.25) is 9.59 Å². The lowest BCUT2D eigenvalue weighted by Crippen LogP contribution is -2.12. The van der Waals surface area contributed by atoms with E-state index in [2.05, 4.69) is 10.3 Å². The van der Waals surface area contributed by atoms with E-state index >= 15 is 0 Å². The van der Waals surface area contributed by atoms with Gasteiger partial charge in [0.15, 0.2) is 5.78 Å². The van der Waals surface area contributed by atoms with Crippen LogP contribution in [0, 0.1) is 0 Å². The van der Waals surface area contributed by atoms with Gasteiger partial charge in [-0.1, -0.05) is 18.2 Å². The van der Waals surface area contributed by atoms with E-state index in [1.54, 1.807) is 24.3 Å². The molecule has 0 aliphatic carbocycles. The van der Waals surface area contributed by atoms with Gasteiger partial charge < -0.3 is 15.0 Å². The molecule has 3 aromatic rings. The number of hydrogen-bond donors (Lipinski definition) is 2. The number of hydrogen-bond acceptors (Lipinski definition) is 3. The number of ketones is 1. The lowest BCUT2D eigenvalue weighted by molar-refractivity contribution is 0.101. The molecule has 24 heavy (non-hydrogen) atoms. The number of H-pyrrole nitrogens is 1. The summed E-state index contributed by atoms with van der Waals surface area (Å²) < 4.78 is 5.70. The van der Waals surface area contributed by atoms with Crippen molar-refractivity contribution >= 4 is 17.4 Å². The first-order valence-corrected chi connectivity index (χ1v) is 7.45. The Morgan fingerprint density at radius 1 is 0.958 bits per heavy atom. The Morgan fingerprint density at radius 2 is 1.62 bits per heavy atom. The van der Waals surface area contributed by atoms with Crippen LogP contribution in [-0.4, -0.2) is 16.7 Å². The summed E-state index contributed by atoms with van der Waals surface area (Å²) in [4.78, 5) is 26.2. The second kappa shape index (κ2) is 6.83. The maximum atomic E-state index is 12.1. The summed E-state index contributed by atoms with van der Waals surface area (Å²) in [5.41, 5.74) is 1.45.